The fraction of sp³-hybridized carbons (Fsp3) is 0.480. The van der Waals surface area contributed by atoms with Crippen molar-refractivity contribution in [2.75, 3.05) is 13.7 Å². The lowest BCUT2D eigenvalue weighted by molar-refractivity contribution is -0.0700. The number of amides is 1. The number of carbonyl (C=O) groups excluding carboxylic acids is 1. The van der Waals surface area contributed by atoms with E-state index in [1.165, 1.54) is 0 Å². The van der Waals surface area contributed by atoms with Crippen molar-refractivity contribution < 1.29 is 23.7 Å². The van der Waals surface area contributed by atoms with Gasteiger partial charge in [0.1, 0.15) is 29.8 Å². The van der Waals surface area contributed by atoms with Crippen LogP contribution in [0.2, 0.25) is 0 Å². The van der Waals surface area contributed by atoms with Gasteiger partial charge in [0.2, 0.25) is 0 Å². The van der Waals surface area contributed by atoms with Gasteiger partial charge in [0, 0.05) is 7.11 Å². The van der Waals surface area contributed by atoms with E-state index in [4.69, 9.17) is 18.9 Å². The summed E-state index contributed by atoms with van der Waals surface area (Å²) in [5.74, 6) is 0.773. The third-order valence-corrected chi connectivity index (χ3v) is 5.17. The Labute approximate surface area is 185 Å². The van der Waals surface area contributed by atoms with E-state index in [1.54, 1.807) is 12.0 Å². The van der Waals surface area contributed by atoms with Gasteiger partial charge in [-0.1, -0.05) is 42.5 Å². The summed E-state index contributed by atoms with van der Waals surface area (Å²) in [7, 11) is 1.64. The maximum absolute atomic E-state index is 13.0. The third kappa shape index (κ3) is 5.77. The largest absolute Gasteiger partial charge is 0.489 e. The van der Waals surface area contributed by atoms with Gasteiger partial charge in [-0.3, -0.25) is 4.90 Å². The van der Waals surface area contributed by atoms with Gasteiger partial charge in [0.05, 0.1) is 12.6 Å². The Bertz CT molecular complexity index is 858. The minimum absolute atomic E-state index is 0.314. The highest BCUT2D eigenvalue weighted by Crippen LogP contribution is 2.37. The fourth-order valence-corrected chi connectivity index (χ4v) is 3.73. The summed E-state index contributed by atoms with van der Waals surface area (Å²) < 4.78 is 23.3. The summed E-state index contributed by atoms with van der Waals surface area (Å²) in [5.41, 5.74) is 0.664. The zero-order valence-electron chi connectivity index (χ0n) is 19.3. The zero-order valence-corrected chi connectivity index (χ0v) is 19.3. The quantitative estimate of drug-likeness (QED) is 0.624. The van der Waals surface area contributed by atoms with Crippen molar-refractivity contribution in [1.29, 1.82) is 0 Å². The van der Waals surface area contributed by atoms with E-state index in [1.807, 2.05) is 89.2 Å². The average molecular weight is 428 g/mol. The van der Waals surface area contributed by atoms with Crippen LogP contribution in [-0.2, 0) is 20.8 Å². The molecular formula is C25H33NO5. The standard InChI is InChI=1S/C25H33NO5/c1-24(2,3)31-23(27)26-21(17-30-25(26,4)5)22(28-6)19-12-14-20(15-13-19)29-16-18-10-8-7-9-11-18/h7-15,21-22H,16-17H2,1-6H3/t21-,22+/m1/s1. The highest BCUT2D eigenvalue weighted by molar-refractivity contribution is 5.70. The molecular weight excluding hydrogens is 394 g/mol. The van der Waals surface area contributed by atoms with E-state index < -0.39 is 17.4 Å². The van der Waals surface area contributed by atoms with Gasteiger partial charge in [0.25, 0.3) is 0 Å². The lowest BCUT2D eigenvalue weighted by Gasteiger charge is -2.37. The molecule has 0 saturated carbocycles. The number of ether oxygens (including phenoxy) is 4. The molecule has 1 aliphatic heterocycles. The van der Waals surface area contributed by atoms with E-state index in [2.05, 4.69) is 0 Å². The summed E-state index contributed by atoms with van der Waals surface area (Å²) in [6.45, 7) is 10.2. The van der Waals surface area contributed by atoms with E-state index in [0.717, 1.165) is 16.9 Å². The second kappa shape index (κ2) is 9.28. The molecule has 0 N–H and O–H groups in total. The number of carbonyl (C=O) groups is 1. The number of hydrogen-bond acceptors (Lipinski definition) is 5. The predicted molar refractivity (Wildman–Crippen MR) is 119 cm³/mol. The van der Waals surface area contributed by atoms with Crippen LogP contribution >= 0.6 is 0 Å². The van der Waals surface area contributed by atoms with Crippen molar-refractivity contribution in [1.82, 2.24) is 4.90 Å². The average Bonchev–Trinajstić information content (AvgIpc) is 3.02. The number of benzene rings is 2. The predicted octanol–water partition coefficient (Wildman–Crippen LogP) is 5.33. The van der Waals surface area contributed by atoms with Gasteiger partial charge >= 0.3 is 6.09 Å². The zero-order chi connectivity index (χ0) is 22.6. The molecule has 168 valence electrons. The van der Waals surface area contributed by atoms with Crippen LogP contribution < -0.4 is 4.74 Å². The van der Waals surface area contributed by atoms with Crippen LogP contribution in [0.15, 0.2) is 54.6 Å². The van der Waals surface area contributed by atoms with Crippen molar-refractivity contribution in [3.63, 3.8) is 0 Å². The molecule has 3 rings (SSSR count). The first kappa shape index (κ1) is 23.1. The SMILES string of the molecule is CO[C@@H](c1ccc(OCc2ccccc2)cc1)[C@H]1COC(C)(C)N1C(=O)OC(C)(C)C. The smallest absolute Gasteiger partial charge is 0.413 e. The van der Waals surface area contributed by atoms with E-state index >= 15 is 0 Å². The molecule has 6 nitrogen and oxygen atoms in total. The molecule has 0 unspecified atom stereocenters. The first-order valence-corrected chi connectivity index (χ1v) is 10.6. The number of hydrogen-bond donors (Lipinski definition) is 0. The Morgan fingerprint density at radius 3 is 2.35 bits per heavy atom. The van der Waals surface area contributed by atoms with Gasteiger partial charge in [0.15, 0.2) is 0 Å². The molecule has 0 aromatic heterocycles. The maximum Gasteiger partial charge on any atom is 0.413 e. The summed E-state index contributed by atoms with van der Waals surface area (Å²) in [5, 5.41) is 0. The van der Waals surface area contributed by atoms with Gasteiger partial charge in [-0.25, -0.2) is 4.79 Å². The van der Waals surface area contributed by atoms with Crippen LogP contribution in [0.4, 0.5) is 4.79 Å². The van der Waals surface area contributed by atoms with E-state index in [-0.39, 0.29) is 12.1 Å². The molecule has 6 heteroatoms. The number of methoxy groups -OCH3 is 1. The molecule has 1 amide bonds. The van der Waals surface area contributed by atoms with Crippen LogP contribution in [0.3, 0.4) is 0 Å². The van der Waals surface area contributed by atoms with E-state index in [9.17, 15) is 4.79 Å². The molecule has 2 aromatic rings. The molecule has 31 heavy (non-hydrogen) atoms. The molecule has 2 aromatic carbocycles. The first-order chi connectivity index (χ1) is 14.6. The van der Waals surface area contributed by atoms with Crippen LogP contribution in [0.1, 0.15) is 51.8 Å². The van der Waals surface area contributed by atoms with Crippen LogP contribution in [0.5, 0.6) is 5.75 Å². The van der Waals surface area contributed by atoms with Crippen molar-refractivity contribution in [2.45, 2.75) is 64.7 Å². The molecule has 1 aliphatic rings. The highest BCUT2D eigenvalue weighted by Gasteiger charge is 2.49. The van der Waals surface area contributed by atoms with Crippen LogP contribution in [-0.4, -0.2) is 42.1 Å². The van der Waals surface area contributed by atoms with Crippen molar-refractivity contribution in [3.8, 4) is 5.75 Å². The first-order valence-electron chi connectivity index (χ1n) is 10.6. The Morgan fingerprint density at radius 2 is 1.77 bits per heavy atom. The van der Waals surface area contributed by atoms with Crippen LogP contribution in [0, 0.1) is 0 Å². The molecule has 1 heterocycles. The van der Waals surface area contributed by atoms with Crippen LogP contribution in [0.25, 0.3) is 0 Å². The van der Waals surface area contributed by atoms with Crippen molar-refractivity contribution >= 4 is 6.09 Å². The Morgan fingerprint density at radius 1 is 1.13 bits per heavy atom. The van der Waals surface area contributed by atoms with Gasteiger partial charge in [-0.15, -0.1) is 0 Å². The molecule has 0 bridgehead atoms. The minimum atomic E-state index is -0.789. The van der Waals surface area contributed by atoms with Gasteiger partial charge in [-0.2, -0.15) is 0 Å². The Kier molecular flexibility index (Phi) is 6.92. The number of rotatable bonds is 6. The highest BCUT2D eigenvalue weighted by atomic mass is 16.6. The van der Waals surface area contributed by atoms with Gasteiger partial charge < -0.3 is 18.9 Å². The minimum Gasteiger partial charge on any atom is -0.489 e. The van der Waals surface area contributed by atoms with E-state index in [0.29, 0.717) is 13.2 Å². The van der Waals surface area contributed by atoms with Crippen molar-refractivity contribution in [2.24, 2.45) is 0 Å². The second-order valence-corrected chi connectivity index (χ2v) is 9.18. The molecule has 2 atom stereocenters. The summed E-state index contributed by atoms with van der Waals surface area (Å²) in [4.78, 5) is 14.6. The molecule has 1 fully saturated rings. The summed E-state index contributed by atoms with van der Waals surface area (Å²) in [6.07, 6.45) is -0.776. The summed E-state index contributed by atoms with van der Waals surface area (Å²) in [6, 6.07) is 17.5. The van der Waals surface area contributed by atoms with Crippen molar-refractivity contribution in [3.05, 3.63) is 65.7 Å². The normalized spacial score (nSPS) is 19.2. The second-order valence-electron chi connectivity index (χ2n) is 9.18. The Hall–Kier alpha value is -2.57. The fourth-order valence-electron chi connectivity index (χ4n) is 3.73. The molecule has 0 spiro atoms. The summed E-state index contributed by atoms with van der Waals surface area (Å²) >= 11 is 0. The molecule has 0 aliphatic carbocycles. The monoisotopic (exact) mass is 427 g/mol. The molecule has 0 radical (unpaired) electrons. The lowest BCUT2D eigenvalue weighted by Crippen LogP contribution is -2.51. The lowest BCUT2D eigenvalue weighted by atomic mass is 10.0. The topological polar surface area (TPSA) is 57.2 Å². The van der Waals surface area contributed by atoms with Gasteiger partial charge in [-0.05, 0) is 57.9 Å². The number of nitrogens with zero attached hydrogens (tertiary/aromatic N) is 1. The third-order valence-electron chi connectivity index (χ3n) is 5.17. The Balaban J connectivity index is 1.74. The maximum atomic E-state index is 13.0. The molecule has 1 saturated heterocycles.